The van der Waals surface area contributed by atoms with E-state index in [-0.39, 0.29) is 5.56 Å². The van der Waals surface area contributed by atoms with Crippen LogP contribution < -0.4 is 0 Å². The van der Waals surface area contributed by atoms with Crippen molar-refractivity contribution in [3.8, 4) is 0 Å². The summed E-state index contributed by atoms with van der Waals surface area (Å²) in [5.74, 6) is -1.36. The molecule has 1 aromatic heterocycles. The van der Waals surface area contributed by atoms with Crippen LogP contribution in [0, 0.1) is 6.92 Å². The van der Waals surface area contributed by atoms with Crippen LogP contribution in [0.15, 0.2) is 12.3 Å². The smallest absolute Gasteiger partial charge is 0.336 e. The first kappa shape index (κ1) is 9.57. The number of halogens is 2. The average Bonchev–Trinajstić information content (AvgIpc) is 2.03. The molecule has 70 valence electrons. The number of carboxylic acids is 1. The third-order valence-corrected chi connectivity index (χ3v) is 1.54. The Hall–Kier alpha value is -1.52. The average molecular weight is 187 g/mol. The van der Waals surface area contributed by atoms with Gasteiger partial charge < -0.3 is 5.11 Å². The lowest BCUT2D eigenvalue weighted by molar-refractivity contribution is 0.0684. The number of carboxylic acid groups (broad SMARTS) is 1. The quantitative estimate of drug-likeness (QED) is 0.770. The zero-order valence-electron chi connectivity index (χ0n) is 6.79. The molecule has 0 unspecified atom stereocenters. The first-order chi connectivity index (χ1) is 6.02. The molecule has 1 heterocycles. The highest BCUT2D eigenvalue weighted by Gasteiger charge is 2.18. The van der Waals surface area contributed by atoms with Gasteiger partial charge in [0.25, 0.3) is 6.43 Å². The number of alkyl halides is 2. The number of aromatic nitrogens is 1. The molecule has 0 aliphatic heterocycles. The lowest BCUT2D eigenvalue weighted by Crippen LogP contribution is -2.04. The van der Waals surface area contributed by atoms with Gasteiger partial charge in [0.15, 0.2) is 0 Å². The Labute approximate surface area is 73.0 Å². The number of aromatic carboxylic acids is 1. The van der Waals surface area contributed by atoms with Crippen LogP contribution in [0.4, 0.5) is 8.78 Å². The fourth-order valence-corrected chi connectivity index (χ4v) is 0.929. The number of hydrogen-bond donors (Lipinski definition) is 1. The van der Waals surface area contributed by atoms with E-state index in [1.807, 2.05) is 0 Å². The summed E-state index contributed by atoms with van der Waals surface area (Å²) in [7, 11) is 0. The van der Waals surface area contributed by atoms with E-state index in [0.717, 1.165) is 12.3 Å². The van der Waals surface area contributed by atoms with Crippen molar-refractivity contribution in [3.63, 3.8) is 0 Å². The lowest BCUT2D eigenvalue weighted by atomic mass is 10.1. The van der Waals surface area contributed by atoms with Gasteiger partial charge in [-0.3, -0.25) is 4.98 Å². The van der Waals surface area contributed by atoms with E-state index < -0.39 is 18.0 Å². The maximum Gasteiger partial charge on any atom is 0.336 e. The highest BCUT2D eigenvalue weighted by atomic mass is 19.3. The predicted octanol–water partition coefficient (Wildman–Crippen LogP) is 2.03. The summed E-state index contributed by atoms with van der Waals surface area (Å²) in [6.07, 6.45) is -1.91. The Morgan fingerprint density at radius 2 is 2.23 bits per heavy atom. The summed E-state index contributed by atoms with van der Waals surface area (Å²) < 4.78 is 24.4. The van der Waals surface area contributed by atoms with E-state index in [9.17, 15) is 13.6 Å². The van der Waals surface area contributed by atoms with Gasteiger partial charge >= 0.3 is 5.97 Å². The normalized spacial score (nSPS) is 10.5. The predicted molar refractivity (Wildman–Crippen MR) is 40.9 cm³/mol. The minimum absolute atomic E-state index is 0.387. The summed E-state index contributed by atoms with van der Waals surface area (Å²) in [4.78, 5) is 14.1. The molecule has 5 heteroatoms. The van der Waals surface area contributed by atoms with E-state index in [4.69, 9.17) is 5.11 Å². The Morgan fingerprint density at radius 3 is 2.69 bits per heavy atom. The van der Waals surface area contributed by atoms with Crippen LogP contribution in [0.5, 0.6) is 0 Å². The molecule has 0 aliphatic carbocycles. The molecule has 3 nitrogen and oxygen atoms in total. The molecule has 1 aromatic rings. The molecule has 0 saturated carbocycles. The van der Waals surface area contributed by atoms with Crippen molar-refractivity contribution in [1.29, 1.82) is 0 Å². The van der Waals surface area contributed by atoms with Crippen molar-refractivity contribution in [2.75, 3.05) is 0 Å². The van der Waals surface area contributed by atoms with E-state index in [1.54, 1.807) is 6.92 Å². The van der Waals surface area contributed by atoms with Crippen LogP contribution in [-0.4, -0.2) is 16.1 Å². The topological polar surface area (TPSA) is 50.2 Å². The summed E-state index contributed by atoms with van der Waals surface area (Å²) in [6.45, 7) is 1.54. The Morgan fingerprint density at radius 1 is 1.62 bits per heavy atom. The standard InChI is InChI=1S/C8H7F2NO2/c1-4-2-5(8(12)13)6(3-11-4)7(9)10/h2-3,7H,1H3,(H,12,13). The highest BCUT2D eigenvalue weighted by Crippen LogP contribution is 2.22. The van der Waals surface area contributed by atoms with Crippen LogP contribution in [-0.2, 0) is 0 Å². The molecular formula is C8H7F2NO2. The number of hydrogen-bond acceptors (Lipinski definition) is 2. The third kappa shape index (κ3) is 1.99. The summed E-state index contributed by atoms with van der Waals surface area (Å²) in [5.41, 5.74) is -0.526. The molecule has 0 radical (unpaired) electrons. The summed E-state index contributed by atoms with van der Waals surface area (Å²) >= 11 is 0. The van der Waals surface area contributed by atoms with Crippen molar-refractivity contribution in [2.45, 2.75) is 13.3 Å². The molecule has 0 aromatic carbocycles. The number of aryl methyl sites for hydroxylation is 1. The van der Waals surface area contributed by atoms with Crippen LogP contribution >= 0.6 is 0 Å². The van der Waals surface area contributed by atoms with Gasteiger partial charge in [0.05, 0.1) is 11.1 Å². The first-order valence-corrected chi connectivity index (χ1v) is 3.50. The van der Waals surface area contributed by atoms with Crippen LogP contribution in [0.2, 0.25) is 0 Å². The maximum absolute atomic E-state index is 12.2. The highest BCUT2D eigenvalue weighted by molar-refractivity contribution is 5.89. The van der Waals surface area contributed by atoms with Gasteiger partial charge in [-0.2, -0.15) is 0 Å². The second-order valence-electron chi connectivity index (χ2n) is 2.52. The van der Waals surface area contributed by atoms with Gasteiger partial charge in [0, 0.05) is 11.9 Å². The van der Waals surface area contributed by atoms with Crippen molar-refractivity contribution in [2.24, 2.45) is 0 Å². The lowest BCUT2D eigenvalue weighted by Gasteiger charge is -2.04. The molecule has 0 aliphatic rings. The van der Waals surface area contributed by atoms with Crippen molar-refractivity contribution in [3.05, 3.63) is 29.1 Å². The number of carbonyl (C=O) groups is 1. The maximum atomic E-state index is 12.2. The SMILES string of the molecule is Cc1cc(C(=O)O)c(C(F)F)cn1. The minimum atomic E-state index is -2.81. The molecule has 0 fully saturated rings. The zero-order valence-corrected chi connectivity index (χ0v) is 6.79. The van der Waals surface area contributed by atoms with Crippen molar-refractivity contribution >= 4 is 5.97 Å². The van der Waals surface area contributed by atoms with Gasteiger partial charge in [0.1, 0.15) is 0 Å². The Kier molecular flexibility index (Phi) is 2.55. The first-order valence-electron chi connectivity index (χ1n) is 3.50. The van der Waals surface area contributed by atoms with Gasteiger partial charge in [-0.25, -0.2) is 13.6 Å². The molecule has 0 bridgehead atoms. The van der Waals surface area contributed by atoms with Gasteiger partial charge in [-0.15, -0.1) is 0 Å². The number of rotatable bonds is 2. The zero-order chi connectivity index (χ0) is 10.0. The molecule has 13 heavy (non-hydrogen) atoms. The number of pyridine rings is 1. The minimum Gasteiger partial charge on any atom is -0.478 e. The van der Waals surface area contributed by atoms with Gasteiger partial charge in [0.2, 0.25) is 0 Å². The van der Waals surface area contributed by atoms with Crippen LogP contribution in [0.3, 0.4) is 0 Å². The molecule has 0 amide bonds. The fourth-order valence-electron chi connectivity index (χ4n) is 0.929. The van der Waals surface area contributed by atoms with Crippen LogP contribution in [0.1, 0.15) is 28.0 Å². The van der Waals surface area contributed by atoms with Crippen LogP contribution in [0.25, 0.3) is 0 Å². The van der Waals surface area contributed by atoms with E-state index in [0.29, 0.717) is 5.69 Å². The molecule has 0 spiro atoms. The summed E-state index contributed by atoms with van der Waals surface area (Å²) in [6, 6.07) is 1.13. The largest absolute Gasteiger partial charge is 0.478 e. The molecule has 1 N–H and O–H groups in total. The fraction of sp³-hybridized carbons (Fsp3) is 0.250. The van der Waals surface area contributed by atoms with E-state index in [2.05, 4.69) is 4.98 Å². The second-order valence-corrected chi connectivity index (χ2v) is 2.52. The number of nitrogens with zero attached hydrogens (tertiary/aromatic N) is 1. The molecule has 0 atom stereocenters. The van der Waals surface area contributed by atoms with Crippen molar-refractivity contribution < 1.29 is 18.7 Å². The van der Waals surface area contributed by atoms with Crippen molar-refractivity contribution in [1.82, 2.24) is 4.98 Å². The Bertz CT molecular complexity index is 339. The monoisotopic (exact) mass is 187 g/mol. The molecule has 1 rings (SSSR count). The van der Waals surface area contributed by atoms with Gasteiger partial charge in [-0.05, 0) is 13.0 Å². The molecule has 0 saturated heterocycles. The second kappa shape index (κ2) is 3.47. The third-order valence-electron chi connectivity index (χ3n) is 1.54. The van der Waals surface area contributed by atoms with E-state index in [1.165, 1.54) is 0 Å². The molecular weight excluding hydrogens is 180 g/mol. The Balaban J connectivity index is 3.27. The van der Waals surface area contributed by atoms with E-state index >= 15 is 0 Å². The summed E-state index contributed by atoms with van der Waals surface area (Å²) in [5, 5.41) is 8.58. The van der Waals surface area contributed by atoms with Gasteiger partial charge in [-0.1, -0.05) is 0 Å².